The Bertz CT molecular complexity index is 1660. The van der Waals surface area contributed by atoms with Gasteiger partial charge >= 0.3 is 5.97 Å². The average molecular weight is 817 g/mol. The first kappa shape index (κ1) is 47.5. The summed E-state index contributed by atoms with van der Waals surface area (Å²) >= 11 is 1.46. The molecule has 2 rings (SSSR count). The van der Waals surface area contributed by atoms with Gasteiger partial charge in [0, 0.05) is 31.3 Å². The molecule has 0 saturated heterocycles. The quantitative estimate of drug-likeness (QED) is 0.0272. The number of guanidine groups is 1. The Kier molecular flexibility index (Phi) is 20.6. The van der Waals surface area contributed by atoms with Crippen LogP contribution in [0.15, 0.2) is 47.8 Å². The van der Waals surface area contributed by atoms with Crippen LogP contribution in [0.1, 0.15) is 57.2 Å². The summed E-state index contributed by atoms with van der Waals surface area (Å²) in [6.45, 7) is 3.91. The monoisotopic (exact) mass is 816 g/mol. The second-order valence-corrected chi connectivity index (χ2v) is 14.7. The summed E-state index contributed by atoms with van der Waals surface area (Å²) in [5.41, 5.74) is 23.3. The van der Waals surface area contributed by atoms with Crippen molar-refractivity contribution in [1.82, 2.24) is 36.6 Å². The molecule has 57 heavy (non-hydrogen) atoms. The Hall–Kier alpha value is -5.70. The number of aliphatic carboxylic acids is 1. The van der Waals surface area contributed by atoms with Crippen molar-refractivity contribution < 1.29 is 38.7 Å². The van der Waals surface area contributed by atoms with Crippen molar-refractivity contribution in [3.05, 3.63) is 54.1 Å². The van der Waals surface area contributed by atoms with Gasteiger partial charge in [-0.15, -0.1) is 0 Å². The van der Waals surface area contributed by atoms with Crippen molar-refractivity contribution in [3.8, 4) is 0 Å². The highest BCUT2D eigenvalue weighted by Crippen LogP contribution is 2.10. The van der Waals surface area contributed by atoms with Crippen LogP contribution in [0.25, 0.3) is 0 Å². The third-order valence-corrected chi connectivity index (χ3v) is 9.08. The number of H-pyrrole nitrogens is 1. The topological polar surface area (TPSA) is 345 Å². The molecule has 0 spiro atoms. The fourth-order valence-corrected chi connectivity index (χ4v) is 6.02. The lowest BCUT2D eigenvalue weighted by atomic mass is 10.0. The van der Waals surface area contributed by atoms with Gasteiger partial charge in [0.05, 0.1) is 18.8 Å². The molecule has 6 atom stereocenters. The molecule has 0 bridgehead atoms. The standard InChI is InChI=1S/C36H56N12O8S/c1-20(2)14-23(37)30(50)44-25(11-13-57-3)32(52)46-26(15-21-8-5-4-6-9-21)33(53)45-24(10-7-12-42-36(39)40)31(51)47-27(16-22-18-41-19-43-22)34(54)48-28(35(55)56)17-29(38)49/h4-6,8-9,18-20,23-28H,7,10-17,37H2,1-3H3,(H2,38,49)(H,41,43)(H,44,50)(H,45,53)(H,46,52)(H,47,51)(H,48,54)(H,55,56)(H4,39,40,42)/t23-,24-,25-,26-,27-,28-/m0/s1. The van der Waals surface area contributed by atoms with Crippen molar-refractivity contribution >= 4 is 59.1 Å². The van der Waals surface area contributed by atoms with E-state index in [1.165, 1.54) is 24.3 Å². The molecule has 15 N–H and O–H groups in total. The maximum Gasteiger partial charge on any atom is 0.326 e. The molecule has 1 aromatic heterocycles. The second-order valence-electron chi connectivity index (χ2n) is 13.8. The highest BCUT2D eigenvalue weighted by atomic mass is 32.2. The normalized spacial score (nSPS) is 14.1. The van der Waals surface area contributed by atoms with E-state index < -0.39 is 84.1 Å². The molecule has 6 amide bonds. The molecule has 0 fully saturated rings. The lowest BCUT2D eigenvalue weighted by Gasteiger charge is -2.27. The van der Waals surface area contributed by atoms with E-state index in [9.17, 15) is 38.7 Å². The van der Waals surface area contributed by atoms with E-state index in [0.717, 1.165) is 0 Å². The molecule has 0 aliphatic heterocycles. The van der Waals surface area contributed by atoms with Crippen LogP contribution in [-0.2, 0) is 46.4 Å². The first-order valence-electron chi connectivity index (χ1n) is 18.3. The molecule has 0 saturated carbocycles. The molecule has 20 nitrogen and oxygen atoms in total. The Morgan fingerprint density at radius 2 is 1.33 bits per heavy atom. The third-order valence-electron chi connectivity index (χ3n) is 8.43. The van der Waals surface area contributed by atoms with E-state index in [-0.39, 0.29) is 50.5 Å². The zero-order chi connectivity index (χ0) is 42.5. The van der Waals surface area contributed by atoms with E-state index in [0.29, 0.717) is 23.4 Å². The largest absolute Gasteiger partial charge is 0.480 e. The number of aliphatic imine (C=N–C) groups is 1. The maximum absolute atomic E-state index is 14.1. The number of thioether (sulfide) groups is 1. The Labute approximate surface area is 335 Å². The summed E-state index contributed by atoms with van der Waals surface area (Å²) in [5, 5.41) is 22.5. The number of carboxylic acids is 1. The summed E-state index contributed by atoms with van der Waals surface area (Å²) in [6, 6.07) is 1.23. The maximum atomic E-state index is 14.1. The van der Waals surface area contributed by atoms with E-state index in [1.54, 1.807) is 30.3 Å². The average Bonchev–Trinajstić information content (AvgIpc) is 3.66. The van der Waals surface area contributed by atoms with Crippen molar-refractivity contribution in [2.45, 2.75) is 95.0 Å². The molecule has 0 unspecified atom stereocenters. The summed E-state index contributed by atoms with van der Waals surface area (Å²) in [4.78, 5) is 102. The van der Waals surface area contributed by atoms with Crippen LogP contribution in [0, 0.1) is 5.92 Å². The van der Waals surface area contributed by atoms with Crippen molar-refractivity contribution in [2.24, 2.45) is 33.8 Å². The Balaban J connectivity index is 2.44. The number of nitrogens with one attached hydrogen (secondary N) is 6. The van der Waals surface area contributed by atoms with Crippen LogP contribution in [0.3, 0.4) is 0 Å². The number of primary amides is 1. The smallest absolute Gasteiger partial charge is 0.326 e. The molecule has 1 aromatic carbocycles. The molecule has 0 aliphatic carbocycles. The summed E-state index contributed by atoms with van der Waals surface area (Å²) in [7, 11) is 0. The number of imidazole rings is 1. The number of carbonyl (C=O) groups is 7. The molecule has 0 radical (unpaired) electrons. The van der Waals surface area contributed by atoms with Gasteiger partial charge in [0.1, 0.15) is 30.2 Å². The molecule has 0 aliphatic rings. The number of amides is 6. The fraction of sp³-hybridized carbons (Fsp3) is 0.528. The lowest BCUT2D eigenvalue weighted by Crippen LogP contribution is -2.60. The second kappa shape index (κ2) is 24.7. The first-order valence-corrected chi connectivity index (χ1v) is 19.7. The van der Waals surface area contributed by atoms with Gasteiger partial charge in [0.15, 0.2) is 5.96 Å². The van der Waals surface area contributed by atoms with Gasteiger partial charge in [-0.3, -0.25) is 33.8 Å². The van der Waals surface area contributed by atoms with Crippen LogP contribution in [-0.4, -0.2) is 117 Å². The lowest BCUT2D eigenvalue weighted by molar-refractivity contribution is -0.143. The van der Waals surface area contributed by atoms with Crippen molar-refractivity contribution in [2.75, 3.05) is 18.6 Å². The van der Waals surface area contributed by atoms with Crippen LogP contribution in [0.5, 0.6) is 0 Å². The van der Waals surface area contributed by atoms with E-state index >= 15 is 0 Å². The number of hydrogen-bond acceptors (Lipinski definition) is 11. The molecular formula is C36H56N12O8S. The molecule has 21 heteroatoms. The van der Waals surface area contributed by atoms with Gasteiger partial charge in [-0.1, -0.05) is 44.2 Å². The molecule has 314 valence electrons. The van der Waals surface area contributed by atoms with Crippen LogP contribution in [0.4, 0.5) is 0 Å². The highest BCUT2D eigenvalue weighted by Gasteiger charge is 2.33. The number of rotatable bonds is 26. The van der Waals surface area contributed by atoms with E-state index in [2.05, 4.69) is 41.5 Å². The summed E-state index contributed by atoms with van der Waals surface area (Å²) in [6.07, 6.45) is 4.45. The van der Waals surface area contributed by atoms with Gasteiger partial charge in [-0.05, 0) is 49.2 Å². The van der Waals surface area contributed by atoms with Gasteiger partial charge < -0.3 is 59.6 Å². The molecule has 1 heterocycles. The number of carbonyl (C=O) groups excluding carboxylic acids is 6. The van der Waals surface area contributed by atoms with Crippen LogP contribution >= 0.6 is 11.8 Å². The van der Waals surface area contributed by atoms with E-state index in [1.807, 2.05) is 20.1 Å². The SMILES string of the molecule is CSCC[C@H](NC(=O)[C@@H](N)CC(C)C)C(=O)N[C@@H](Cc1ccccc1)C(=O)N[C@@H](CCCN=C(N)N)C(=O)N[C@@H](Cc1cnc[nH]1)C(=O)N[C@@H](CC(N)=O)C(=O)O. The first-order chi connectivity index (χ1) is 27.0. The fourth-order valence-electron chi connectivity index (χ4n) is 5.55. The number of aromatic amines is 1. The zero-order valence-electron chi connectivity index (χ0n) is 32.4. The Morgan fingerprint density at radius 3 is 1.86 bits per heavy atom. The minimum Gasteiger partial charge on any atom is -0.480 e. The highest BCUT2D eigenvalue weighted by molar-refractivity contribution is 7.98. The zero-order valence-corrected chi connectivity index (χ0v) is 33.2. The molecule has 2 aromatic rings. The van der Waals surface area contributed by atoms with E-state index in [4.69, 9.17) is 22.9 Å². The number of carboxylic acid groups (broad SMARTS) is 1. The number of nitrogens with two attached hydrogens (primary N) is 4. The predicted octanol–water partition coefficient (Wildman–Crippen LogP) is -2.24. The minimum absolute atomic E-state index is 0.00188. The number of hydrogen-bond donors (Lipinski definition) is 11. The van der Waals surface area contributed by atoms with Crippen LogP contribution < -0.4 is 49.5 Å². The van der Waals surface area contributed by atoms with Gasteiger partial charge in [0.25, 0.3) is 0 Å². The van der Waals surface area contributed by atoms with Crippen molar-refractivity contribution in [3.63, 3.8) is 0 Å². The summed E-state index contributed by atoms with van der Waals surface area (Å²) in [5.74, 6) is -5.78. The Morgan fingerprint density at radius 1 is 0.789 bits per heavy atom. The summed E-state index contributed by atoms with van der Waals surface area (Å²) < 4.78 is 0. The van der Waals surface area contributed by atoms with Gasteiger partial charge in [-0.2, -0.15) is 11.8 Å². The van der Waals surface area contributed by atoms with Gasteiger partial charge in [-0.25, -0.2) is 9.78 Å². The van der Waals surface area contributed by atoms with Crippen molar-refractivity contribution in [1.29, 1.82) is 0 Å². The molecular weight excluding hydrogens is 761 g/mol. The number of nitrogens with zero attached hydrogens (tertiary/aromatic N) is 2. The minimum atomic E-state index is -1.69. The predicted molar refractivity (Wildman–Crippen MR) is 214 cm³/mol. The number of aromatic nitrogens is 2. The third kappa shape index (κ3) is 18.2. The van der Waals surface area contributed by atoms with Crippen LogP contribution in [0.2, 0.25) is 0 Å². The van der Waals surface area contributed by atoms with Gasteiger partial charge in [0.2, 0.25) is 35.4 Å². The number of benzene rings is 1.